The van der Waals surface area contributed by atoms with E-state index in [1.165, 1.54) is 18.9 Å². The number of ether oxygens (including phenoxy) is 1. The van der Waals surface area contributed by atoms with Crippen LogP contribution < -0.4 is 10.6 Å². The molecule has 0 saturated heterocycles. The summed E-state index contributed by atoms with van der Waals surface area (Å²) in [5.41, 5.74) is 4.32. The lowest BCUT2D eigenvalue weighted by atomic mass is 10.1. The van der Waals surface area contributed by atoms with Crippen molar-refractivity contribution < 1.29 is 14.3 Å². The summed E-state index contributed by atoms with van der Waals surface area (Å²) < 4.78 is 4.74. The molecule has 1 aromatic heterocycles. The second kappa shape index (κ2) is 8.35. The first-order valence-corrected chi connectivity index (χ1v) is 8.77. The molecule has 1 amide bonds. The van der Waals surface area contributed by atoms with E-state index < -0.39 is 5.97 Å². The molecule has 28 heavy (non-hydrogen) atoms. The Labute approximate surface area is 163 Å². The van der Waals surface area contributed by atoms with E-state index in [1.807, 2.05) is 26.0 Å². The van der Waals surface area contributed by atoms with Crippen LogP contribution in [0.25, 0.3) is 0 Å². The standard InChI is InChI=1S/C22H21N3O3/c1-14-8-10-18(15(2)12-14)24-20-11-9-16(13-23-20)21(26)25-19-7-5-4-6-17(19)22(27)28-3/h4-13H,1-3H3,(H,23,24)(H,25,26). The van der Waals surface area contributed by atoms with Crippen molar-refractivity contribution in [3.05, 3.63) is 83.0 Å². The number of nitrogens with zero attached hydrogens (tertiary/aromatic N) is 1. The molecule has 2 aromatic carbocycles. The Morgan fingerprint density at radius 3 is 2.43 bits per heavy atom. The molecule has 0 fully saturated rings. The number of amides is 1. The summed E-state index contributed by atoms with van der Waals surface area (Å²) in [5, 5.41) is 5.97. The van der Waals surface area contributed by atoms with Gasteiger partial charge in [-0.15, -0.1) is 0 Å². The summed E-state index contributed by atoms with van der Waals surface area (Å²) in [7, 11) is 1.30. The highest BCUT2D eigenvalue weighted by Gasteiger charge is 2.14. The Morgan fingerprint density at radius 1 is 0.964 bits per heavy atom. The van der Waals surface area contributed by atoms with Crippen LogP contribution in [-0.2, 0) is 4.74 Å². The number of benzene rings is 2. The molecule has 0 spiro atoms. The van der Waals surface area contributed by atoms with Crippen molar-refractivity contribution in [1.29, 1.82) is 0 Å². The largest absolute Gasteiger partial charge is 0.465 e. The maximum atomic E-state index is 12.5. The van der Waals surface area contributed by atoms with Crippen LogP contribution in [-0.4, -0.2) is 24.0 Å². The molecule has 6 nitrogen and oxygen atoms in total. The number of aromatic nitrogens is 1. The number of carbonyl (C=O) groups is 2. The normalized spacial score (nSPS) is 10.2. The lowest BCUT2D eigenvalue weighted by molar-refractivity contribution is 0.0602. The van der Waals surface area contributed by atoms with Gasteiger partial charge in [0.25, 0.3) is 5.91 Å². The van der Waals surface area contributed by atoms with Crippen molar-refractivity contribution in [2.75, 3.05) is 17.7 Å². The minimum Gasteiger partial charge on any atom is -0.465 e. The number of hydrogen-bond acceptors (Lipinski definition) is 5. The molecule has 0 aliphatic carbocycles. The van der Waals surface area contributed by atoms with E-state index in [-0.39, 0.29) is 5.91 Å². The first kappa shape index (κ1) is 19.1. The molecule has 0 aliphatic rings. The van der Waals surface area contributed by atoms with Crippen LogP contribution >= 0.6 is 0 Å². The van der Waals surface area contributed by atoms with Gasteiger partial charge in [0, 0.05) is 11.9 Å². The van der Waals surface area contributed by atoms with E-state index in [2.05, 4.69) is 21.7 Å². The van der Waals surface area contributed by atoms with Crippen molar-refractivity contribution in [3.63, 3.8) is 0 Å². The predicted octanol–water partition coefficient (Wildman–Crippen LogP) is 4.48. The number of aryl methyl sites for hydroxylation is 2. The summed E-state index contributed by atoms with van der Waals surface area (Å²) in [6.45, 7) is 4.07. The van der Waals surface area contributed by atoms with Crippen molar-refractivity contribution >= 4 is 29.1 Å². The van der Waals surface area contributed by atoms with E-state index in [4.69, 9.17) is 4.74 Å². The van der Waals surface area contributed by atoms with Gasteiger partial charge < -0.3 is 15.4 Å². The molecular weight excluding hydrogens is 354 g/mol. The number of methoxy groups -OCH3 is 1. The van der Waals surface area contributed by atoms with E-state index in [0.717, 1.165) is 11.3 Å². The molecule has 0 unspecified atom stereocenters. The second-order valence-electron chi connectivity index (χ2n) is 6.37. The smallest absolute Gasteiger partial charge is 0.339 e. The third-order valence-corrected chi connectivity index (χ3v) is 4.25. The molecule has 1 heterocycles. The molecule has 0 saturated carbocycles. The van der Waals surface area contributed by atoms with Crippen LogP contribution in [0.5, 0.6) is 0 Å². The molecule has 2 N–H and O–H groups in total. The van der Waals surface area contributed by atoms with Gasteiger partial charge in [-0.2, -0.15) is 0 Å². The molecular formula is C22H21N3O3. The van der Waals surface area contributed by atoms with Crippen LogP contribution in [0.4, 0.5) is 17.2 Å². The van der Waals surface area contributed by atoms with E-state index in [0.29, 0.717) is 22.6 Å². The van der Waals surface area contributed by atoms with Gasteiger partial charge in [0.1, 0.15) is 5.82 Å². The fraction of sp³-hybridized carbons (Fsp3) is 0.136. The third-order valence-electron chi connectivity index (χ3n) is 4.25. The van der Waals surface area contributed by atoms with Gasteiger partial charge in [0.05, 0.1) is 23.9 Å². The van der Waals surface area contributed by atoms with Gasteiger partial charge in [-0.1, -0.05) is 29.8 Å². The quantitative estimate of drug-likeness (QED) is 0.643. The molecule has 142 valence electrons. The van der Waals surface area contributed by atoms with Gasteiger partial charge >= 0.3 is 5.97 Å². The van der Waals surface area contributed by atoms with Gasteiger partial charge in [0.15, 0.2) is 0 Å². The van der Waals surface area contributed by atoms with Crippen molar-refractivity contribution in [1.82, 2.24) is 4.98 Å². The maximum Gasteiger partial charge on any atom is 0.339 e. The molecule has 0 bridgehead atoms. The Bertz CT molecular complexity index is 1010. The monoisotopic (exact) mass is 375 g/mol. The van der Waals surface area contributed by atoms with Gasteiger partial charge in [-0.25, -0.2) is 9.78 Å². The van der Waals surface area contributed by atoms with Gasteiger partial charge in [-0.05, 0) is 49.7 Å². The second-order valence-corrected chi connectivity index (χ2v) is 6.37. The summed E-state index contributed by atoms with van der Waals surface area (Å²) in [4.78, 5) is 28.7. The minimum absolute atomic E-state index is 0.291. The Kier molecular flexibility index (Phi) is 5.69. The molecule has 3 rings (SSSR count). The lowest BCUT2D eigenvalue weighted by Gasteiger charge is -2.11. The van der Waals surface area contributed by atoms with E-state index >= 15 is 0 Å². The molecule has 0 aliphatic heterocycles. The van der Waals surface area contributed by atoms with Crippen LogP contribution in [0, 0.1) is 13.8 Å². The topological polar surface area (TPSA) is 80.3 Å². The minimum atomic E-state index is -0.512. The first-order valence-electron chi connectivity index (χ1n) is 8.77. The fourth-order valence-corrected chi connectivity index (χ4v) is 2.77. The number of hydrogen-bond donors (Lipinski definition) is 2. The SMILES string of the molecule is COC(=O)c1ccccc1NC(=O)c1ccc(Nc2ccc(C)cc2C)nc1. The van der Waals surface area contributed by atoms with E-state index in [1.54, 1.807) is 36.4 Å². The third kappa shape index (κ3) is 4.35. The predicted molar refractivity (Wildman–Crippen MR) is 109 cm³/mol. The number of esters is 1. The summed E-state index contributed by atoms with van der Waals surface area (Å²) in [6.07, 6.45) is 1.49. The highest BCUT2D eigenvalue weighted by molar-refractivity contribution is 6.07. The van der Waals surface area contributed by atoms with Gasteiger partial charge in [0.2, 0.25) is 0 Å². The molecule has 3 aromatic rings. The molecule has 0 atom stereocenters. The summed E-state index contributed by atoms with van der Waals surface area (Å²) in [6, 6.07) is 16.2. The van der Waals surface area contributed by atoms with Crippen LogP contribution in [0.2, 0.25) is 0 Å². The number of rotatable bonds is 5. The first-order chi connectivity index (χ1) is 13.5. The Morgan fingerprint density at radius 2 is 1.75 bits per heavy atom. The fourth-order valence-electron chi connectivity index (χ4n) is 2.77. The zero-order valence-corrected chi connectivity index (χ0v) is 15.9. The number of pyridine rings is 1. The molecule has 0 radical (unpaired) electrons. The highest BCUT2D eigenvalue weighted by Crippen LogP contribution is 2.21. The van der Waals surface area contributed by atoms with Crippen molar-refractivity contribution in [2.45, 2.75) is 13.8 Å². The summed E-state index contributed by atoms with van der Waals surface area (Å²) >= 11 is 0. The summed E-state index contributed by atoms with van der Waals surface area (Å²) in [5.74, 6) is -0.234. The number of nitrogens with one attached hydrogen (secondary N) is 2. The van der Waals surface area contributed by atoms with Crippen molar-refractivity contribution in [2.24, 2.45) is 0 Å². The number of carbonyl (C=O) groups excluding carboxylic acids is 2. The Balaban J connectivity index is 1.73. The zero-order valence-electron chi connectivity index (χ0n) is 15.9. The average molecular weight is 375 g/mol. The lowest BCUT2D eigenvalue weighted by Crippen LogP contribution is -2.15. The average Bonchev–Trinajstić information content (AvgIpc) is 2.70. The van der Waals surface area contributed by atoms with Crippen LogP contribution in [0.15, 0.2) is 60.8 Å². The maximum absolute atomic E-state index is 12.5. The highest BCUT2D eigenvalue weighted by atomic mass is 16.5. The van der Waals surface area contributed by atoms with Crippen LogP contribution in [0.3, 0.4) is 0 Å². The van der Waals surface area contributed by atoms with Gasteiger partial charge in [-0.3, -0.25) is 4.79 Å². The number of anilines is 3. The zero-order chi connectivity index (χ0) is 20.1. The number of para-hydroxylation sites is 1. The van der Waals surface area contributed by atoms with Crippen molar-refractivity contribution in [3.8, 4) is 0 Å². The van der Waals surface area contributed by atoms with Crippen LogP contribution in [0.1, 0.15) is 31.8 Å². The molecule has 6 heteroatoms. The Hall–Kier alpha value is -3.67. The van der Waals surface area contributed by atoms with E-state index in [9.17, 15) is 9.59 Å².